The number of nitrogens with zero attached hydrogens (tertiary/aromatic N) is 1. The smallest absolute Gasteiger partial charge is 0.344 e. The highest BCUT2D eigenvalue weighted by Gasteiger charge is 2.44. The lowest BCUT2D eigenvalue weighted by Crippen LogP contribution is -2.47. The van der Waals surface area contributed by atoms with Gasteiger partial charge in [-0.05, 0) is 36.1 Å². The maximum absolute atomic E-state index is 13.5. The van der Waals surface area contributed by atoms with Crippen molar-refractivity contribution < 1.29 is 26.4 Å². The minimum Gasteiger partial charge on any atom is -0.344 e. The number of carbonyl (C=O) groups excluding carboxylic acids is 1. The third-order valence-corrected chi connectivity index (χ3v) is 7.80. The van der Waals surface area contributed by atoms with Gasteiger partial charge in [-0.2, -0.15) is 17.5 Å². The first-order valence-corrected chi connectivity index (χ1v) is 12.2. The van der Waals surface area contributed by atoms with Crippen molar-refractivity contribution in [2.75, 3.05) is 6.54 Å². The van der Waals surface area contributed by atoms with Gasteiger partial charge in [-0.25, -0.2) is 8.42 Å². The lowest BCUT2D eigenvalue weighted by molar-refractivity contribution is -0.139. The molecule has 178 valence electrons. The minimum absolute atomic E-state index is 0.0338. The van der Waals surface area contributed by atoms with E-state index in [1.54, 1.807) is 0 Å². The molecule has 1 N–H and O–H groups in total. The van der Waals surface area contributed by atoms with Crippen LogP contribution in [0.1, 0.15) is 35.6 Å². The van der Waals surface area contributed by atoms with Crippen molar-refractivity contribution in [2.24, 2.45) is 0 Å². The first-order valence-electron chi connectivity index (χ1n) is 10.8. The van der Waals surface area contributed by atoms with Crippen LogP contribution in [0.3, 0.4) is 0 Å². The van der Waals surface area contributed by atoms with Crippen LogP contribution in [0, 0.1) is 0 Å². The van der Waals surface area contributed by atoms with Crippen LogP contribution in [0.4, 0.5) is 13.2 Å². The van der Waals surface area contributed by atoms with Crippen LogP contribution in [0.15, 0.2) is 89.8 Å². The molecule has 0 radical (unpaired) electrons. The number of alkyl halides is 3. The molecule has 5 nitrogen and oxygen atoms in total. The van der Waals surface area contributed by atoms with Crippen LogP contribution in [0.2, 0.25) is 0 Å². The fourth-order valence-corrected chi connectivity index (χ4v) is 6.10. The summed E-state index contributed by atoms with van der Waals surface area (Å²) < 4.78 is 68.0. The normalized spacial score (nSPS) is 17.1. The molecule has 1 fully saturated rings. The number of hydrogen-bond donors (Lipinski definition) is 1. The molecule has 3 aromatic carbocycles. The van der Waals surface area contributed by atoms with Crippen molar-refractivity contribution in [2.45, 2.75) is 36.0 Å². The van der Waals surface area contributed by atoms with Gasteiger partial charge in [0.15, 0.2) is 0 Å². The van der Waals surface area contributed by atoms with Crippen LogP contribution >= 0.6 is 0 Å². The van der Waals surface area contributed by atoms with E-state index in [0.717, 1.165) is 33.6 Å². The molecule has 0 aromatic heterocycles. The van der Waals surface area contributed by atoms with Crippen molar-refractivity contribution in [3.05, 3.63) is 102 Å². The predicted molar refractivity (Wildman–Crippen MR) is 121 cm³/mol. The Morgan fingerprint density at radius 1 is 0.882 bits per heavy atom. The summed E-state index contributed by atoms with van der Waals surface area (Å²) in [5, 5.41) is 2.92. The molecule has 0 bridgehead atoms. The second-order valence-corrected chi connectivity index (χ2v) is 9.89. The molecular weight excluding hydrogens is 465 g/mol. The molecule has 1 amide bonds. The van der Waals surface area contributed by atoms with Gasteiger partial charge in [-0.1, -0.05) is 72.8 Å². The lowest BCUT2D eigenvalue weighted by atomic mass is 9.98. The van der Waals surface area contributed by atoms with E-state index < -0.39 is 44.6 Å². The number of halogens is 3. The van der Waals surface area contributed by atoms with E-state index in [9.17, 15) is 26.4 Å². The van der Waals surface area contributed by atoms with Gasteiger partial charge in [0.05, 0.1) is 16.5 Å². The molecule has 4 rings (SSSR count). The largest absolute Gasteiger partial charge is 0.417 e. The summed E-state index contributed by atoms with van der Waals surface area (Å²) >= 11 is 0. The number of benzene rings is 3. The Morgan fingerprint density at radius 3 is 1.97 bits per heavy atom. The zero-order chi connectivity index (χ0) is 24.3. The van der Waals surface area contributed by atoms with E-state index in [-0.39, 0.29) is 13.0 Å². The zero-order valence-corrected chi connectivity index (χ0v) is 18.9. The molecule has 1 aliphatic heterocycles. The van der Waals surface area contributed by atoms with Gasteiger partial charge < -0.3 is 5.32 Å². The molecule has 0 aliphatic carbocycles. The van der Waals surface area contributed by atoms with Crippen LogP contribution < -0.4 is 5.32 Å². The molecule has 9 heteroatoms. The van der Waals surface area contributed by atoms with Crippen LogP contribution in [0.25, 0.3) is 0 Å². The first-order chi connectivity index (χ1) is 16.2. The van der Waals surface area contributed by atoms with Crippen molar-refractivity contribution in [3.63, 3.8) is 0 Å². The van der Waals surface area contributed by atoms with Crippen LogP contribution in [-0.4, -0.2) is 31.2 Å². The Morgan fingerprint density at radius 2 is 1.41 bits per heavy atom. The Labute approximate surface area is 196 Å². The number of nitrogens with one attached hydrogen (secondary N) is 1. The maximum Gasteiger partial charge on any atom is 0.417 e. The predicted octanol–water partition coefficient (Wildman–Crippen LogP) is 4.76. The van der Waals surface area contributed by atoms with Crippen molar-refractivity contribution >= 4 is 15.9 Å². The van der Waals surface area contributed by atoms with Crippen molar-refractivity contribution in [3.8, 4) is 0 Å². The Kier molecular flexibility index (Phi) is 6.77. The number of rotatable bonds is 6. The van der Waals surface area contributed by atoms with E-state index in [0.29, 0.717) is 6.42 Å². The minimum atomic E-state index is -4.84. The summed E-state index contributed by atoms with van der Waals surface area (Å²) in [7, 11) is -4.56. The number of carbonyl (C=O) groups is 1. The average Bonchev–Trinajstić information content (AvgIpc) is 3.34. The van der Waals surface area contributed by atoms with Crippen LogP contribution in [0.5, 0.6) is 0 Å². The summed E-state index contributed by atoms with van der Waals surface area (Å²) in [6.45, 7) is -0.0338. The number of hydrogen-bond acceptors (Lipinski definition) is 3. The molecule has 1 aliphatic rings. The summed E-state index contributed by atoms with van der Waals surface area (Å²) in [6, 6.07) is 20.8. The van der Waals surface area contributed by atoms with Gasteiger partial charge in [-0.15, -0.1) is 0 Å². The van der Waals surface area contributed by atoms with E-state index in [4.69, 9.17) is 0 Å². The van der Waals surface area contributed by atoms with Gasteiger partial charge in [0, 0.05) is 6.54 Å². The highest BCUT2D eigenvalue weighted by Crippen LogP contribution is 2.37. The Hall–Kier alpha value is -3.17. The third-order valence-electron chi connectivity index (χ3n) is 5.84. The van der Waals surface area contributed by atoms with Gasteiger partial charge in [-0.3, -0.25) is 4.79 Å². The summed E-state index contributed by atoms with van der Waals surface area (Å²) in [6.07, 6.45) is -4.25. The number of sulfonamides is 1. The van der Waals surface area contributed by atoms with Gasteiger partial charge in [0.25, 0.3) is 0 Å². The summed E-state index contributed by atoms with van der Waals surface area (Å²) in [5.41, 5.74) is 0.362. The number of amides is 1. The summed E-state index contributed by atoms with van der Waals surface area (Å²) in [5.74, 6) is -0.553. The third kappa shape index (κ3) is 4.85. The van der Waals surface area contributed by atoms with E-state index in [1.807, 2.05) is 60.7 Å². The average molecular weight is 489 g/mol. The highest BCUT2D eigenvalue weighted by molar-refractivity contribution is 7.89. The molecule has 0 spiro atoms. The molecule has 1 saturated heterocycles. The fourth-order valence-electron chi connectivity index (χ4n) is 4.23. The quantitative estimate of drug-likeness (QED) is 0.544. The lowest BCUT2D eigenvalue weighted by Gasteiger charge is -2.27. The molecule has 34 heavy (non-hydrogen) atoms. The van der Waals surface area contributed by atoms with E-state index in [1.165, 1.54) is 6.07 Å². The highest BCUT2D eigenvalue weighted by atomic mass is 32.2. The molecular formula is C25H23F3N2O3S. The molecule has 0 saturated carbocycles. The second-order valence-electron chi connectivity index (χ2n) is 8.03. The molecule has 1 atom stereocenters. The van der Waals surface area contributed by atoms with E-state index in [2.05, 4.69) is 5.32 Å². The Bertz CT molecular complexity index is 1210. The molecule has 1 heterocycles. The second kappa shape index (κ2) is 9.60. The van der Waals surface area contributed by atoms with Gasteiger partial charge >= 0.3 is 6.18 Å². The fraction of sp³-hybridized carbons (Fsp3) is 0.240. The Balaban J connectivity index is 1.65. The standard InChI is InChI=1S/C25H23F3N2O3S/c26-25(27,28)20-14-7-8-16-22(20)34(32,33)30-17-9-15-21(30)24(31)29-23(18-10-3-1-4-11-18)19-12-5-2-6-13-19/h1-8,10-14,16,21,23H,9,15,17H2,(H,29,31). The summed E-state index contributed by atoms with van der Waals surface area (Å²) in [4.78, 5) is 12.5. The monoisotopic (exact) mass is 488 g/mol. The van der Waals surface area contributed by atoms with Crippen molar-refractivity contribution in [1.82, 2.24) is 9.62 Å². The van der Waals surface area contributed by atoms with Gasteiger partial charge in [0.1, 0.15) is 6.04 Å². The molecule has 3 aromatic rings. The van der Waals surface area contributed by atoms with Gasteiger partial charge in [0.2, 0.25) is 15.9 Å². The van der Waals surface area contributed by atoms with E-state index >= 15 is 0 Å². The molecule has 1 unspecified atom stereocenters. The topological polar surface area (TPSA) is 66.5 Å². The van der Waals surface area contributed by atoms with Crippen molar-refractivity contribution in [1.29, 1.82) is 0 Å². The zero-order valence-electron chi connectivity index (χ0n) is 18.1. The first kappa shape index (κ1) is 24.0. The SMILES string of the molecule is O=C(NC(c1ccccc1)c1ccccc1)C1CCCN1S(=O)(=O)c1ccccc1C(F)(F)F. The van der Waals surface area contributed by atoms with Crippen LogP contribution in [-0.2, 0) is 21.0 Å². The maximum atomic E-state index is 13.5.